The van der Waals surface area contributed by atoms with Crippen LogP contribution in [-0.4, -0.2) is 36.6 Å². The molecule has 29 heavy (non-hydrogen) atoms. The normalized spacial score (nSPS) is 13.7. The Morgan fingerprint density at radius 1 is 1.21 bits per heavy atom. The number of rotatable bonds is 3. The molecule has 0 spiro atoms. The SMILES string of the molecule is Cc1cc2nc(-c3n[nH]c4c3CCN(c3ccc([N+](=O)[O-])cn3)C4)[nH]c2cc1C. The van der Waals surface area contributed by atoms with Crippen LogP contribution in [0.25, 0.3) is 22.6 Å². The van der Waals surface area contributed by atoms with E-state index in [0.29, 0.717) is 12.4 Å². The smallest absolute Gasteiger partial charge is 0.287 e. The Morgan fingerprint density at radius 2 is 2.03 bits per heavy atom. The number of benzene rings is 1. The number of pyridine rings is 1. The molecule has 1 aliphatic rings. The minimum atomic E-state index is -0.442. The molecule has 0 radical (unpaired) electrons. The van der Waals surface area contributed by atoms with Crippen LogP contribution in [0.2, 0.25) is 0 Å². The second-order valence-electron chi connectivity index (χ2n) is 7.37. The minimum Gasteiger partial charge on any atom is -0.350 e. The Morgan fingerprint density at radius 3 is 2.79 bits per heavy atom. The first-order valence-corrected chi connectivity index (χ1v) is 9.38. The predicted molar refractivity (Wildman–Crippen MR) is 109 cm³/mol. The van der Waals surface area contributed by atoms with E-state index in [2.05, 4.69) is 51.0 Å². The van der Waals surface area contributed by atoms with Crippen molar-refractivity contribution in [1.82, 2.24) is 25.1 Å². The standard InChI is InChI=1S/C20H19N7O2/c1-11-7-15-16(8-12(11)2)23-20(22-15)19-14-5-6-26(10-17(14)24-25-19)18-4-3-13(9-21-18)27(28)29/h3-4,7-9H,5-6,10H2,1-2H3,(H,22,23)(H,24,25). The van der Waals surface area contributed by atoms with Gasteiger partial charge < -0.3 is 9.88 Å². The van der Waals surface area contributed by atoms with Gasteiger partial charge in [0.15, 0.2) is 5.82 Å². The quantitative estimate of drug-likeness (QED) is 0.409. The van der Waals surface area contributed by atoms with Crippen LogP contribution in [0.5, 0.6) is 0 Å². The summed E-state index contributed by atoms with van der Waals surface area (Å²) in [5.41, 5.74) is 7.39. The van der Waals surface area contributed by atoms with E-state index in [1.165, 1.54) is 23.4 Å². The number of aromatic nitrogens is 5. The summed E-state index contributed by atoms with van der Waals surface area (Å²) in [6, 6.07) is 7.37. The molecule has 1 aliphatic heterocycles. The monoisotopic (exact) mass is 389 g/mol. The van der Waals surface area contributed by atoms with Gasteiger partial charge in [-0.3, -0.25) is 15.2 Å². The Kier molecular flexibility index (Phi) is 3.83. The molecule has 0 amide bonds. The maximum Gasteiger partial charge on any atom is 0.287 e. The number of hydrogen-bond donors (Lipinski definition) is 2. The van der Waals surface area contributed by atoms with Gasteiger partial charge in [-0.05, 0) is 49.6 Å². The van der Waals surface area contributed by atoms with E-state index < -0.39 is 4.92 Å². The highest BCUT2D eigenvalue weighted by atomic mass is 16.6. The summed E-state index contributed by atoms with van der Waals surface area (Å²) in [6.07, 6.45) is 2.08. The van der Waals surface area contributed by atoms with Crippen molar-refractivity contribution in [3.05, 3.63) is 63.0 Å². The Hall–Kier alpha value is -3.75. The van der Waals surface area contributed by atoms with Crippen molar-refractivity contribution >= 4 is 22.5 Å². The molecule has 2 N–H and O–H groups in total. The summed E-state index contributed by atoms with van der Waals surface area (Å²) < 4.78 is 0. The summed E-state index contributed by atoms with van der Waals surface area (Å²) in [5.74, 6) is 1.48. The fraction of sp³-hybridized carbons (Fsp3) is 0.250. The van der Waals surface area contributed by atoms with E-state index >= 15 is 0 Å². The topological polar surface area (TPSA) is 117 Å². The molecule has 0 fully saturated rings. The lowest BCUT2D eigenvalue weighted by Gasteiger charge is -2.27. The fourth-order valence-corrected chi connectivity index (χ4v) is 3.76. The highest BCUT2D eigenvalue weighted by molar-refractivity contribution is 5.81. The van der Waals surface area contributed by atoms with Crippen molar-refractivity contribution < 1.29 is 4.92 Å². The molecule has 0 saturated heterocycles. The molecule has 4 heterocycles. The molecule has 1 aromatic carbocycles. The number of H-pyrrole nitrogens is 2. The van der Waals surface area contributed by atoms with Crippen molar-refractivity contribution in [1.29, 1.82) is 0 Å². The van der Waals surface area contributed by atoms with E-state index in [0.717, 1.165) is 46.8 Å². The maximum atomic E-state index is 10.8. The number of nitro groups is 1. The lowest BCUT2D eigenvalue weighted by Crippen LogP contribution is -2.30. The first-order chi connectivity index (χ1) is 14.0. The van der Waals surface area contributed by atoms with Crippen LogP contribution in [0.3, 0.4) is 0 Å². The van der Waals surface area contributed by atoms with Crippen molar-refractivity contribution in [2.24, 2.45) is 0 Å². The van der Waals surface area contributed by atoms with Gasteiger partial charge in [-0.1, -0.05) is 0 Å². The maximum absolute atomic E-state index is 10.8. The van der Waals surface area contributed by atoms with Crippen LogP contribution in [-0.2, 0) is 13.0 Å². The summed E-state index contributed by atoms with van der Waals surface area (Å²) in [5, 5.41) is 18.5. The van der Waals surface area contributed by atoms with E-state index in [1.807, 2.05) is 0 Å². The third-order valence-corrected chi connectivity index (χ3v) is 5.52. The van der Waals surface area contributed by atoms with Crippen molar-refractivity contribution in [2.45, 2.75) is 26.8 Å². The number of fused-ring (bicyclic) bond motifs is 2. The van der Waals surface area contributed by atoms with Gasteiger partial charge in [0.2, 0.25) is 0 Å². The van der Waals surface area contributed by atoms with Crippen molar-refractivity contribution in [3.63, 3.8) is 0 Å². The van der Waals surface area contributed by atoms with E-state index in [4.69, 9.17) is 4.98 Å². The van der Waals surface area contributed by atoms with Gasteiger partial charge in [-0.25, -0.2) is 9.97 Å². The van der Waals surface area contributed by atoms with E-state index in [9.17, 15) is 10.1 Å². The predicted octanol–water partition coefficient (Wildman–Crippen LogP) is 3.44. The number of anilines is 1. The Labute approximate surface area is 166 Å². The lowest BCUT2D eigenvalue weighted by molar-refractivity contribution is -0.385. The number of nitrogens with zero attached hydrogens (tertiary/aromatic N) is 5. The average molecular weight is 389 g/mol. The first-order valence-electron chi connectivity index (χ1n) is 9.38. The summed E-state index contributed by atoms with van der Waals surface area (Å²) >= 11 is 0. The van der Waals surface area contributed by atoms with Gasteiger partial charge in [-0.2, -0.15) is 5.10 Å². The molecule has 3 aromatic heterocycles. The van der Waals surface area contributed by atoms with E-state index in [1.54, 1.807) is 6.07 Å². The molecule has 0 saturated carbocycles. The summed E-state index contributed by atoms with van der Waals surface area (Å²) in [6.45, 7) is 5.54. The molecule has 146 valence electrons. The fourth-order valence-electron chi connectivity index (χ4n) is 3.76. The highest BCUT2D eigenvalue weighted by Crippen LogP contribution is 2.30. The second kappa shape index (κ2) is 6.40. The second-order valence-corrected chi connectivity index (χ2v) is 7.37. The van der Waals surface area contributed by atoms with Crippen LogP contribution in [0.1, 0.15) is 22.4 Å². The molecule has 4 aromatic rings. The molecule has 0 atom stereocenters. The van der Waals surface area contributed by atoms with Crippen LogP contribution < -0.4 is 4.90 Å². The summed E-state index contributed by atoms with van der Waals surface area (Å²) in [7, 11) is 0. The summed E-state index contributed by atoms with van der Waals surface area (Å²) in [4.78, 5) is 24.8. The number of hydrogen-bond acceptors (Lipinski definition) is 6. The van der Waals surface area contributed by atoms with Crippen molar-refractivity contribution in [2.75, 3.05) is 11.4 Å². The van der Waals surface area contributed by atoms with Crippen LogP contribution in [0.15, 0.2) is 30.5 Å². The van der Waals surface area contributed by atoms with Crippen LogP contribution in [0, 0.1) is 24.0 Å². The number of aromatic amines is 2. The molecular formula is C20H19N7O2. The molecule has 9 heteroatoms. The first kappa shape index (κ1) is 17.4. The van der Waals surface area contributed by atoms with Gasteiger partial charge >= 0.3 is 0 Å². The Balaban J connectivity index is 1.44. The molecule has 0 unspecified atom stereocenters. The van der Waals surface area contributed by atoms with Gasteiger partial charge in [0.05, 0.1) is 28.2 Å². The molecule has 5 rings (SSSR count). The van der Waals surface area contributed by atoms with Gasteiger partial charge in [0.25, 0.3) is 5.69 Å². The zero-order valence-electron chi connectivity index (χ0n) is 16.1. The number of nitrogens with one attached hydrogen (secondary N) is 2. The number of aryl methyl sites for hydroxylation is 2. The Bertz CT molecular complexity index is 1200. The van der Waals surface area contributed by atoms with Gasteiger partial charge in [0, 0.05) is 18.2 Å². The molecule has 0 aliphatic carbocycles. The number of imidazole rings is 1. The molecule has 9 nitrogen and oxygen atoms in total. The van der Waals surface area contributed by atoms with E-state index in [-0.39, 0.29) is 5.69 Å². The molecular weight excluding hydrogens is 370 g/mol. The largest absolute Gasteiger partial charge is 0.350 e. The zero-order chi connectivity index (χ0) is 20.1. The zero-order valence-corrected chi connectivity index (χ0v) is 16.1. The van der Waals surface area contributed by atoms with Crippen molar-refractivity contribution in [3.8, 4) is 11.5 Å². The molecule has 0 bridgehead atoms. The lowest BCUT2D eigenvalue weighted by atomic mass is 10.0. The minimum absolute atomic E-state index is 0.00867. The highest BCUT2D eigenvalue weighted by Gasteiger charge is 2.25. The van der Waals surface area contributed by atoms with Gasteiger partial charge in [0.1, 0.15) is 17.7 Å². The average Bonchev–Trinajstić information content (AvgIpc) is 3.31. The third-order valence-electron chi connectivity index (χ3n) is 5.52. The van der Waals surface area contributed by atoms with Crippen LogP contribution in [0.4, 0.5) is 11.5 Å². The van der Waals surface area contributed by atoms with Gasteiger partial charge in [-0.15, -0.1) is 0 Å². The van der Waals surface area contributed by atoms with Crippen LogP contribution >= 0.6 is 0 Å². The third kappa shape index (κ3) is 2.91.